The van der Waals surface area contributed by atoms with Crippen LogP contribution in [0.1, 0.15) is 32.3 Å². The number of nitrogens with one attached hydrogen (secondary N) is 1. The van der Waals surface area contributed by atoms with E-state index in [9.17, 15) is 0 Å². The molecule has 0 aliphatic rings. The SMILES string of the molecule is CCCNc1nnc(-c2ccc(CCC)cc2)s1. The van der Waals surface area contributed by atoms with E-state index in [1.807, 2.05) is 0 Å². The van der Waals surface area contributed by atoms with Crippen molar-refractivity contribution in [3.8, 4) is 10.6 Å². The summed E-state index contributed by atoms with van der Waals surface area (Å²) in [5, 5.41) is 13.5. The molecular formula is C14H19N3S. The lowest BCUT2D eigenvalue weighted by atomic mass is 10.1. The molecule has 1 N–H and O–H groups in total. The van der Waals surface area contributed by atoms with Crippen molar-refractivity contribution >= 4 is 16.5 Å². The van der Waals surface area contributed by atoms with Crippen LogP contribution in [0.25, 0.3) is 10.6 Å². The molecule has 0 spiro atoms. The highest BCUT2D eigenvalue weighted by atomic mass is 32.1. The highest BCUT2D eigenvalue weighted by molar-refractivity contribution is 7.18. The Labute approximate surface area is 112 Å². The van der Waals surface area contributed by atoms with Gasteiger partial charge in [0.25, 0.3) is 0 Å². The molecule has 0 amide bonds. The van der Waals surface area contributed by atoms with Crippen molar-refractivity contribution in [1.82, 2.24) is 10.2 Å². The minimum absolute atomic E-state index is 0.907. The summed E-state index contributed by atoms with van der Waals surface area (Å²) in [6.07, 6.45) is 3.42. The van der Waals surface area contributed by atoms with Gasteiger partial charge in [0.2, 0.25) is 5.13 Å². The lowest BCUT2D eigenvalue weighted by Gasteiger charge is -1.99. The maximum atomic E-state index is 4.22. The zero-order chi connectivity index (χ0) is 12.8. The minimum atomic E-state index is 0.907. The Balaban J connectivity index is 2.08. The maximum Gasteiger partial charge on any atom is 0.206 e. The predicted molar refractivity (Wildman–Crippen MR) is 78.1 cm³/mol. The van der Waals surface area contributed by atoms with Gasteiger partial charge in [-0.3, -0.25) is 0 Å². The molecule has 2 rings (SSSR count). The molecule has 0 unspecified atom stereocenters. The first-order chi connectivity index (χ1) is 8.83. The molecule has 0 fully saturated rings. The van der Waals surface area contributed by atoms with Crippen LogP contribution >= 0.6 is 11.3 Å². The molecule has 1 heterocycles. The summed E-state index contributed by atoms with van der Waals surface area (Å²) in [5.41, 5.74) is 2.53. The molecule has 0 saturated heterocycles. The topological polar surface area (TPSA) is 37.8 Å². The minimum Gasteiger partial charge on any atom is -0.360 e. The third kappa shape index (κ3) is 3.29. The zero-order valence-corrected chi connectivity index (χ0v) is 11.8. The molecular weight excluding hydrogens is 242 g/mol. The smallest absolute Gasteiger partial charge is 0.206 e. The van der Waals surface area contributed by atoms with Gasteiger partial charge in [0.1, 0.15) is 5.01 Å². The van der Waals surface area contributed by atoms with Crippen LogP contribution in [0, 0.1) is 0 Å². The Morgan fingerprint density at radius 2 is 1.83 bits per heavy atom. The highest BCUT2D eigenvalue weighted by Gasteiger charge is 2.05. The van der Waals surface area contributed by atoms with Gasteiger partial charge in [-0.2, -0.15) is 0 Å². The summed E-state index contributed by atoms with van der Waals surface area (Å²) >= 11 is 1.61. The van der Waals surface area contributed by atoms with E-state index in [2.05, 4.69) is 53.6 Å². The van der Waals surface area contributed by atoms with Gasteiger partial charge in [0, 0.05) is 12.1 Å². The molecule has 4 heteroatoms. The average molecular weight is 261 g/mol. The molecule has 1 aromatic carbocycles. The molecule has 18 heavy (non-hydrogen) atoms. The summed E-state index contributed by atoms with van der Waals surface area (Å²) in [5.74, 6) is 0. The lowest BCUT2D eigenvalue weighted by molar-refractivity contribution is 0.922. The van der Waals surface area contributed by atoms with Gasteiger partial charge < -0.3 is 5.32 Å². The van der Waals surface area contributed by atoms with E-state index in [4.69, 9.17) is 0 Å². The molecule has 0 atom stereocenters. The molecule has 96 valence electrons. The van der Waals surface area contributed by atoms with Crippen LogP contribution in [0.4, 0.5) is 5.13 Å². The quantitative estimate of drug-likeness (QED) is 0.854. The van der Waals surface area contributed by atoms with E-state index in [-0.39, 0.29) is 0 Å². The van der Waals surface area contributed by atoms with E-state index < -0.39 is 0 Å². The van der Waals surface area contributed by atoms with Crippen LogP contribution in [-0.2, 0) is 6.42 Å². The highest BCUT2D eigenvalue weighted by Crippen LogP contribution is 2.26. The Morgan fingerprint density at radius 1 is 1.06 bits per heavy atom. The fraction of sp³-hybridized carbons (Fsp3) is 0.429. The number of benzene rings is 1. The number of hydrogen-bond acceptors (Lipinski definition) is 4. The van der Waals surface area contributed by atoms with Crippen molar-refractivity contribution in [3.05, 3.63) is 29.8 Å². The average Bonchev–Trinajstić information content (AvgIpc) is 2.86. The fourth-order valence-corrected chi connectivity index (χ4v) is 2.52. The predicted octanol–water partition coefficient (Wildman–Crippen LogP) is 3.98. The number of anilines is 1. The standard InChI is InChI=1S/C14H19N3S/c1-3-5-11-6-8-12(9-7-11)13-16-17-14(18-13)15-10-4-2/h6-9H,3-5,10H2,1-2H3,(H,15,17). The Morgan fingerprint density at radius 3 is 2.50 bits per heavy atom. The number of aryl methyl sites for hydroxylation is 1. The Bertz CT molecular complexity index is 476. The van der Waals surface area contributed by atoms with Crippen molar-refractivity contribution in [2.45, 2.75) is 33.1 Å². The van der Waals surface area contributed by atoms with Crippen LogP contribution in [0.5, 0.6) is 0 Å². The zero-order valence-electron chi connectivity index (χ0n) is 10.9. The number of hydrogen-bond donors (Lipinski definition) is 1. The first kappa shape index (κ1) is 13.0. The van der Waals surface area contributed by atoms with Gasteiger partial charge in [-0.25, -0.2) is 0 Å². The first-order valence-electron chi connectivity index (χ1n) is 6.50. The second kappa shape index (κ2) is 6.50. The van der Waals surface area contributed by atoms with Gasteiger partial charge in [-0.15, -0.1) is 10.2 Å². The van der Waals surface area contributed by atoms with Crippen molar-refractivity contribution in [2.24, 2.45) is 0 Å². The normalized spacial score (nSPS) is 10.6. The van der Waals surface area contributed by atoms with Crippen molar-refractivity contribution in [2.75, 3.05) is 11.9 Å². The van der Waals surface area contributed by atoms with Crippen LogP contribution in [0.15, 0.2) is 24.3 Å². The van der Waals surface area contributed by atoms with Gasteiger partial charge in [-0.05, 0) is 18.4 Å². The molecule has 0 aliphatic heterocycles. The van der Waals surface area contributed by atoms with Gasteiger partial charge >= 0.3 is 0 Å². The first-order valence-corrected chi connectivity index (χ1v) is 7.31. The molecule has 0 radical (unpaired) electrons. The van der Waals surface area contributed by atoms with Gasteiger partial charge in [0.15, 0.2) is 0 Å². The number of rotatable bonds is 6. The molecule has 3 nitrogen and oxygen atoms in total. The van der Waals surface area contributed by atoms with Crippen LogP contribution < -0.4 is 5.32 Å². The van der Waals surface area contributed by atoms with Gasteiger partial charge in [0.05, 0.1) is 0 Å². The molecule has 0 aliphatic carbocycles. The van der Waals surface area contributed by atoms with E-state index in [1.54, 1.807) is 11.3 Å². The Kier molecular flexibility index (Phi) is 4.70. The summed E-state index contributed by atoms with van der Waals surface area (Å²) < 4.78 is 0. The fourth-order valence-electron chi connectivity index (χ4n) is 1.75. The second-order valence-corrected chi connectivity index (χ2v) is 5.26. The van der Waals surface area contributed by atoms with E-state index in [0.717, 1.165) is 35.1 Å². The molecule has 2 aromatic rings. The van der Waals surface area contributed by atoms with E-state index >= 15 is 0 Å². The van der Waals surface area contributed by atoms with Crippen LogP contribution in [-0.4, -0.2) is 16.7 Å². The summed E-state index contributed by atoms with van der Waals surface area (Å²) in [4.78, 5) is 0. The second-order valence-electron chi connectivity index (χ2n) is 4.29. The molecule has 0 bridgehead atoms. The van der Waals surface area contributed by atoms with E-state index in [0.29, 0.717) is 0 Å². The monoisotopic (exact) mass is 261 g/mol. The van der Waals surface area contributed by atoms with Gasteiger partial charge in [-0.1, -0.05) is 55.9 Å². The van der Waals surface area contributed by atoms with Crippen molar-refractivity contribution in [3.63, 3.8) is 0 Å². The van der Waals surface area contributed by atoms with Crippen LogP contribution in [0.2, 0.25) is 0 Å². The van der Waals surface area contributed by atoms with Crippen molar-refractivity contribution in [1.29, 1.82) is 0 Å². The maximum absolute atomic E-state index is 4.22. The summed E-state index contributed by atoms with van der Waals surface area (Å²) in [6.45, 7) is 5.29. The van der Waals surface area contributed by atoms with Crippen molar-refractivity contribution < 1.29 is 0 Å². The molecule has 1 aromatic heterocycles. The third-order valence-electron chi connectivity index (χ3n) is 2.69. The Hall–Kier alpha value is -1.42. The molecule has 0 saturated carbocycles. The number of aromatic nitrogens is 2. The third-order valence-corrected chi connectivity index (χ3v) is 3.62. The lowest BCUT2D eigenvalue weighted by Crippen LogP contribution is -1.98. The summed E-state index contributed by atoms with van der Waals surface area (Å²) in [7, 11) is 0. The van der Waals surface area contributed by atoms with Crippen LogP contribution in [0.3, 0.4) is 0 Å². The van der Waals surface area contributed by atoms with E-state index in [1.165, 1.54) is 12.0 Å². The largest absolute Gasteiger partial charge is 0.360 e. The summed E-state index contributed by atoms with van der Waals surface area (Å²) in [6, 6.07) is 8.63. The number of nitrogens with zero attached hydrogens (tertiary/aromatic N) is 2.